The third kappa shape index (κ3) is 3.35. The van der Waals surface area contributed by atoms with Gasteiger partial charge in [-0.05, 0) is 30.2 Å². The van der Waals surface area contributed by atoms with Crippen molar-refractivity contribution in [2.45, 2.75) is 13.0 Å². The molecular weight excluding hydrogens is 302 g/mol. The summed E-state index contributed by atoms with van der Waals surface area (Å²) in [5.74, 6) is 0.0563. The van der Waals surface area contributed by atoms with E-state index in [1.54, 1.807) is 11.3 Å². The smallest absolute Gasteiger partial charge is 0.264 e. The Bertz CT molecular complexity index is 740. The van der Waals surface area contributed by atoms with E-state index in [2.05, 4.69) is 24.3 Å². The van der Waals surface area contributed by atoms with Gasteiger partial charge in [0.1, 0.15) is 0 Å². The topological polar surface area (TPSA) is 20.3 Å². The highest BCUT2D eigenvalue weighted by molar-refractivity contribution is 7.13. The lowest BCUT2D eigenvalue weighted by Gasteiger charge is -2.29. The van der Waals surface area contributed by atoms with E-state index < -0.39 is 0 Å². The number of rotatable bonds is 4. The molecular formula is C20H19NOS. The molecule has 23 heavy (non-hydrogen) atoms. The summed E-state index contributed by atoms with van der Waals surface area (Å²) < 4.78 is 0. The van der Waals surface area contributed by atoms with Gasteiger partial charge in [0.2, 0.25) is 0 Å². The number of amides is 1. The molecule has 0 radical (unpaired) electrons. The largest absolute Gasteiger partial charge is 0.330 e. The average Bonchev–Trinajstić information content (AvgIpc) is 3.03. The minimum absolute atomic E-state index is 0.0563. The Balaban J connectivity index is 2.00. The summed E-state index contributed by atoms with van der Waals surface area (Å²) in [6.45, 7) is 2.02. The summed E-state index contributed by atoms with van der Waals surface area (Å²) in [7, 11) is 1.88. The van der Waals surface area contributed by atoms with Crippen LogP contribution in [-0.4, -0.2) is 17.9 Å². The molecule has 0 N–H and O–H groups in total. The van der Waals surface area contributed by atoms with E-state index in [9.17, 15) is 4.79 Å². The lowest BCUT2D eigenvalue weighted by Crippen LogP contribution is -2.31. The quantitative estimate of drug-likeness (QED) is 0.668. The number of hydrogen-bond acceptors (Lipinski definition) is 2. The van der Waals surface area contributed by atoms with E-state index in [0.717, 1.165) is 20.9 Å². The van der Waals surface area contributed by atoms with Crippen molar-refractivity contribution in [3.63, 3.8) is 0 Å². The molecule has 0 aliphatic heterocycles. The van der Waals surface area contributed by atoms with E-state index in [0.29, 0.717) is 0 Å². The first-order chi connectivity index (χ1) is 11.2. The van der Waals surface area contributed by atoms with Crippen molar-refractivity contribution >= 4 is 17.2 Å². The zero-order valence-corrected chi connectivity index (χ0v) is 14.1. The van der Waals surface area contributed by atoms with Crippen LogP contribution in [-0.2, 0) is 0 Å². The van der Waals surface area contributed by atoms with Crippen molar-refractivity contribution in [2.75, 3.05) is 7.05 Å². The molecule has 0 atom stereocenters. The van der Waals surface area contributed by atoms with E-state index in [-0.39, 0.29) is 11.9 Å². The van der Waals surface area contributed by atoms with Gasteiger partial charge in [-0.2, -0.15) is 0 Å². The van der Waals surface area contributed by atoms with E-state index >= 15 is 0 Å². The predicted octanol–water partition coefficient (Wildman–Crippen LogP) is 4.92. The molecule has 1 heterocycles. The second-order valence-corrected chi connectivity index (χ2v) is 6.84. The zero-order valence-electron chi connectivity index (χ0n) is 13.3. The monoisotopic (exact) mass is 321 g/mol. The van der Waals surface area contributed by atoms with E-state index in [1.165, 1.54) is 0 Å². The molecule has 0 saturated heterocycles. The standard InChI is InChI=1S/C20H19NOS/c1-15-13-14-18(23-15)20(22)21(2)19(16-9-5-3-6-10-16)17-11-7-4-8-12-17/h3-14,19H,1-2H3. The van der Waals surface area contributed by atoms with Crippen LogP contribution in [0.15, 0.2) is 72.8 Å². The fourth-order valence-corrected chi connectivity index (χ4v) is 3.60. The normalized spacial score (nSPS) is 10.7. The highest BCUT2D eigenvalue weighted by Gasteiger charge is 2.24. The van der Waals surface area contributed by atoms with Crippen LogP contribution >= 0.6 is 11.3 Å². The van der Waals surface area contributed by atoms with Gasteiger partial charge in [-0.15, -0.1) is 11.3 Å². The third-order valence-electron chi connectivity index (χ3n) is 3.89. The Morgan fingerprint density at radius 2 is 1.39 bits per heavy atom. The zero-order chi connectivity index (χ0) is 16.2. The average molecular weight is 321 g/mol. The summed E-state index contributed by atoms with van der Waals surface area (Å²) >= 11 is 1.54. The maximum atomic E-state index is 12.9. The molecule has 0 unspecified atom stereocenters. The Morgan fingerprint density at radius 1 is 0.870 bits per heavy atom. The molecule has 1 amide bonds. The number of thiophene rings is 1. The van der Waals surface area contributed by atoms with Crippen LogP contribution in [0.2, 0.25) is 0 Å². The van der Waals surface area contributed by atoms with Crippen LogP contribution < -0.4 is 0 Å². The Kier molecular flexibility index (Phi) is 4.58. The van der Waals surface area contributed by atoms with E-state index in [1.807, 2.05) is 67.4 Å². The Labute approximate surface area is 141 Å². The summed E-state index contributed by atoms with van der Waals surface area (Å²) in [6.07, 6.45) is 0. The highest BCUT2D eigenvalue weighted by Crippen LogP contribution is 2.29. The summed E-state index contributed by atoms with van der Waals surface area (Å²) in [4.78, 5) is 16.6. The molecule has 116 valence electrons. The molecule has 3 rings (SSSR count). The number of carbonyl (C=O) groups is 1. The Hall–Kier alpha value is -2.39. The number of carbonyl (C=O) groups excluding carboxylic acids is 1. The number of aryl methyl sites for hydroxylation is 1. The second kappa shape index (κ2) is 6.80. The van der Waals surface area contributed by atoms with Crippen molar-refractivity contribution in [3.8, 4) is 0 Å². The van der Waals surface area contributed by atoms with Gasteiger partial charge in [-0.1, -0.05) is 60.7 Å². The summed E-state index contributed by atoms with van der Waals surface area (Å²) in [5.41, 5.74) is 2.23. The van der Waals surface area contributed by atoms with Gasteiger partial charge in [0, 0.05) is 11.9 Å². The van der Waals surface area contributed by atoms with Gasteiger partial charge in [0.15, 0.2) is 0 Å². The molecule has 0 aliphatic rings. The van der Waals surface area contributed by atoms with Crippen LogP contribution in [0.5, 0.6) is 0 Å². The minimum atomic E-state index is -0.0905. The molecule has 0 fully saturated rings. The first-order valence-corrected chi connectivity index (χ1v) is 8.42. The minimum Gasteiger partial charge on any atom is -0.330 e. The molecule has 1 aromatic heterocycles. The first-order valence-electron chi connectivity index (χ1n) is 7.60. The highest BCUT2D eigenvalue weighted by atomic mass is 32.1. The molecule has 2 nitrogen and oxygen atoms in total. The van der Waals surface area contributed by atoms with Gasteiger partial charge in [-0.3, -0.25) is 4.79 Å². The van der Waals surface area contributed by atoms with Crippen molar-refractivity contribution in [1.82, 2.24) is 4.90 Å². The van der Waals surface area contributed by atoms with Gasteiger partial charge in [-0.25, -0.2) is 0 Å². The van der Waals surface area contributed by atoms with Crippen LogP contribution in [0.4, 0.5) is 0 Å². The maximum Gasteiger partial charge on any atom is 0.264 e. The van der Waals surface area contributed by atoms with Crippen molar-refractivity contribution < 1.29 is 4.79 Å². The first kappa shape index (κ1) is 15.5. The van der Waals surface area contributed by atoms with Crippen LogP contribution in [0.1, 0.15) is 31.7 Å². The number of hydrogen-bond donors (Lipinski definition) is 0. The van der Waals surface area contributed by atoms with Crippen LogP contribution in [0.25, 0.3) is 0 Å². The molecule has 3 aromatic rings. The van der Waals surface area contributed by atoms with Gasteiger partial charge >= 0.3 is 0 Å². The van der Waals surface area contributed by atoms with Crippen molar-refractivity contribution in [2.24, 2.45) is 0 Å². The van der Waals surface area contributed by atoms with Crippen LogP contribution in [0.3, 0.4) is 0 Å². The summed E-state index contributed by atoms with van der Waals surface area (Å²) in [6, 6.07) is 24.1. The predicted molar refractivity (Wildman–Crippen MR) is 95.9 cm³/mol. The lowest BCUT2D eigenvalue weighted by atomic mass is 9.97. The van der Waals surface area contributed by atoms with E-state index in [4.69, 9.17) is 0 Å². The maximum absolute atomic E-state index is 12.9. The van der Waals surface area contributed by atoms with Gasteiger partial charge in [0.05, 0.1) is 10.9 Å². The second-order valence-electron chi connectivity index (χ2n) is 5.55. The molecule has 3 heteroatoms. The lowest BCUT2D eigenvalue weighted by molar-refractivity contribution is 0.0760. The molecule has 0 aliphatic carbocycles. The molecule has 0 spiro atoms. The fraction of sp³-hybridized carbons (Fsp3) is 0.150. The number of nitrogens with zero attached hydrogens (tertiary/aromatic N) is 1. The Morgan fingerprint density at radius 3 is 1.83 bits per heavy atom. The van der Waals surface area contributed by atoms with Crippen molar-refractivity contribution in [3.05, 3.63) is 93.7 Å². The van der Waals surface area contributed by atoms with Crippen LogP contribution in [0, 0.1) is 6.92 Å². The fourth-order valence-electron chi connectivity index (χ4n) is 2.75. The molecule has 2 aromatic carbocycles. The van der Waals surface area contributed by atoms with Gasteiger partial charge < -0.3 is 4.90 Å². The summed E-state index contributed by atoms with van der Waals surface area (Å²) in [5, 5.41) is 0. The molecule has 0 bridgehead atoms. The molecule has 0 saturated carbocycles. The SMILES string of the molecule is Cc1ccc(C(=O)N(C)C(c2ccccc2)c2ccccc2)s1. The number of benzene rings is 2. The third-order valence-corrected chi connectivity index (χ3v) is 4.88. The van der Waals surface area contributed by atoms with Crippen molar-refractivity contribution in [1.29, 1.82) is 0 Å². The van der Waals surface area contributed by atoms with Gasteiger partial charge in [0.25, 0.3) is 5.91 Å².